The van der Waals surface area contributed by atoms with Gasteiger partial charge in [-0.15, -0.1) is 0 Å². The smallest absolute Gasteiger partial charge is 0.0192 e. The first kappa shape index (κ1) is 17.2. The third-order valence-electron chi connectivity index (χ3n) is 5.33. The largest absolute Gasteiger partial charge is 0.315 e. The third kappa shape index (κ3) is 6.25. The Kier molecular flexibility index (Phi) is 7.48. The van der Waals surface area contributed by atoms with Gasteiger partial charge in [0.1, 0.15) is 0 Å². The first-order valence-corrected chi connectivity index (χ1v) is 9.32. The zero-order chi connectivity index (χ0) is 15.1. The van der Waals surface area contributed by atoms with Crippen molar-refractivity contribution in [3.63, 3.8) is 0 Å². The van der Waals surface area contributed by atoms with Crippen LogP contribution < -0.4 is 5.32 Å². The minimum Gasteiger partial charge on any atom is -0.315 e. The Morgan fingerprint density at radius 1 is 1.00 bits per heavy atom. The molecule has 1 atom stereocenters. The molecule has 0 amide bonds. The number of piperidine rings is 1. The molecule has 2 saturated heterocycles. The number of nitrogens with zero attached hydrogens (tertiary/aromatic N) is 2. The van der Waals surface area contributed by atoms with E-state index in [0.717, 1.165) is 18.4 Å². The maximum Gasteiger partial charge on any atom is 0.0192 e. The highest BCUT2D eigenvalue weighted by molar-refractivity contribution is 4.80. The molecule has 21 heavy (non-hydrogen) atoms. The maximum absolute atomic E-state index is 3.63. The van der Waals surface area contributed by atoms with Crippen LogP contribution in [-0.2, 0) is 0 Å². The van der Waals surface area contributed by atoms with Gasteiger partial charge in [0.2, 0.25) is 0 Å². The highest BCUT2D eigenvalue weighted by Gasteiger charge is 2.24. The Bertz CT molecular complexity index is 266. The van der Waals surface area contributed by atoms with Gasteiger partial charge >= 0.3 is 0 Å². The van der Waals surface area contributed by atoms with Crippen LogP contribution in [0.2, 0.25) is 0 Å². The van der Waals surface area contributed by atoms with Gasteiger partial charge in [-0.25, -0.2) is 0 Å². The van der Waals surface area contributed by atoms with Crippen LogP contribution in [0.15, 0.2) is 0 Å². The Balaban J connectivity index is 1.56. The van der Waals surface area contributed by atoms with E-state index in [1.807, 2.05) is 0 Å². The molecule has 0 aromatic rings. The zero-order valence-corrected chi connectivity index (χ0v) is 14.6. The summed E-state index contributed by atoms with van der Waals surface area (Å²) < 4.78 is 0. The lowest BCUT2D eigenvalue weighted by molar-refractivity contribution is 0.121. The van der Waals surface area contributed by atoms with Crippen molar-refractivity contribution < 1.29 is 0 Å². The van der Waals surface area contributed by atoms with Gasteiger partial charge in [-0.05, 0) is 83.6 Å². The zero-order valence-electron chi connectivity index (χ0n) is 14.6. The molecule has 3 heteroatoms. The van der Waals surface area contributed by atoms with Crippen LogP contribution in [0.4, 0.5) is 0 Å². The molecule has 3 nitrogen and oxygen atoms in total. The molecule has 0 aliphatic carbocycles. The standard InChI is InChI=1S/C18H37N3/c1-16(2)6-9-19-14-17(3)21-12-7-18(8-13-21)15-20-10-4-5-11-20/h16-19H,4-15H2,1-3H3. The molecule has 124 valence electrons. The number of likely N-dealkylation sites (tertiary alicyclic amines) is 2. The van der Waals surface area contributed by atoms with Crippen molar-refractivity contribution in [3.05, 3.63) is 0 Å². The van der Waals surface area contributed by atoms with Crippen molar-refractivity contribution in [1.29, 1.82) is 0 Å². The molecule has 1 unspecified atom stereocenters. The van der Waals surface area contributed by atoms with Gasteiger partial charge in [0.25, 0.3) is 0 Å². The van der Waals surface area contributed by atoms with Crippen LogP contribution >= 0.6 is 0 Å². The molecule has 2 heterocycles. The Hall–Kier alpha value is -0.120. The van der Waals surface area contributed by atoms with Crippen LogP contribution in [0.1, 0.15) is 52.9 Å². The van der Waals surface area contributed by atoms with Crippen molar-refractivity contribution >= 4 is 0 Å². The van der Waals surface area contributed by atoms with Gasteiger partial charge < -0.3 is 10.2 Å². The monoisotopic (exact) mass is 295 g/mol. The molecule has 0 aromatic heterocycles. The summed E-state index contributed by atoms with van der Waals surface area (Å²) in [6.45, 7) is 16.0. The fraction of sp³-hybridized carbons (Fsp3) is 1.00. The molecule has 2 rings (SSSR count). The molecule has 2 fully saturated rings. The lowest BCUT2D eigenvalue weighted by Crippen LogP contribution is -2.46. The van der Waals surface area contributed by atoms with E-state index in [1.54, 1.807) is 0 Å². The summed E-state index contributed by atoms with van der Waals surface area (Å²) in [5, 5.41) is 3.63. The van der Waals surface area contributed by atoms with Crippen molar-refractivity contribution in [1.82, 2.24) is 15.1 Å². The van der Waals surface area contributed by atoms with Crippen molar-refractivity contribution in [2.45, 2.75) is 58.9 Å². The van der Waals surface area contributed by atoms with Crippen LogP contribution in [-0.4, -0.2) is 61.7 Å². The summed E-state index contributed by atoms with van der Waals surface area (Å²) >= 11 is 0. The molecule has 0 spiro atoms. The minimum atomic E-state index is 0.699. The second-order valence-electron chi connectivity index (χ2n) is 7.72. The highest BCUT2D eigenvalue weighted by Crippen LogP contribution is 2.21. The predicted octanol–water partition coefficient (Wildman–Crippen LogP) is 2.82. The number of rotatable bonds is 8. The Morgan fingerprint density at radius 2 is 1.67 bits per heavy atom. The Morgan fingerprint density at radius 3 is 2.29 bits per heavy atom. The topological polar surface area (TPSA) is 18.5 Å². The van der Waals surface area contributed by atoms with Gasteiger partial charge in [-0.2, -0.15) is 0 Å². The van der Waals surface area contributed by atoms with Crippen molar-refractivity contribution in [2.75, 3.05) is 45.8 Å². The molecule has 0 radical (unpaired) electrons. The van der Waals surface area contributed by atoms with E-state index in [-0.39, 0.29) is 0 Å². The van der Waals surface area contributed by atoms with Crippen molar-refractivity contribution in [2.24, 2.45) is 11.8 Å². The summed E-state index contributed by atoms with van der Waals surface area (Å²) in [7, 11) is 0. The predicted molar refractivity (Wildman–Crippen MR) is 91.8 cm³/mol. The molecule has 2 aliphatic heterocycles. The Labute approximate surface area is 132 Å². The van der Waals surface area contributed by atoms with Gasteiger partial charge in [-0.3, -0.25) is 4.90 Å². The summed E-state index contributed by atoms with van der Waals surface area (Å²) in [4.78, 5) is 5.39. The first-order chi connectivity index (χ1) is 10.1. The van der Waals surface area contributed by atoms with E-state index in [9.17, 15) is 0 Å². The third-order valence-corrected chi connectivity index (χ3v) is 5.33. The maximum atomic E-state index is 3.63. The van der Waals surface area contributed by atoms with E-state index in [4.69, 9.17) is 0 Å². The van der Waals surface area contributed by atoms with Gasteiger partial charge in [-0.1, -0.05) is 13.8 Å². The number of hydrogen-bond donors (Lipinski definition) is 1. The summed E-state index contributed by atoms with van der Waals surface area (Å²) in [5.74, 6) is 1.77. The van der Waals surface area contributed by atoms with E-state index in [2.05, 4.69) is 35.9 Å². The van der Waals surface area contributed by atoms with Crippen LogP contribution in [0.25, 0.3) is 0 Å². The molecule has 0 saturated carbocycles. The van der Waals surface area contributed by atoms with Gasteiger partial charge in [0.05, 0.1) is 0 Å². The molecular weight excluding hydrogens is 258 g/mol. The normalized spacial score (nSPS) is 24.0. The first-order valence-electron chi connectivity index (χ1n) is 9.32. The lowest BCUT2D eigenvalue weighted by atomic mass is 9.95. The van der Waals surface area contributed by atoms with Gasteiger partial charge in [0.15, 0.2) is 0 Å². The fourth-order valence-electron chi connectivity index (χ4n) is 3.74. The average molecular weight is 296 g/mol. The number of nitrogens with one attached hydrogen (secondary N) is 1. The lowest BCUT2D eigenvalue weighted by Gasteiger charge is -2.37. The summed E-state index contributed by atoms with van der Waals surface area (Å²) in [6.07, 6.45) is 6.97. The second-order valence-corrected chi connectivity index (χ2v) is 7.72. The van der Waals surface area contributed by atoms with Crippen molar-refractivity contribution in [3.8, 4) is 0 Å². The number of hydrogen-bond acceptors (Lipinski definition) is 3. The van der Waals surface area contributed by atoms with Crippen LogP contribution in [0.3, 0.4) is 0 Å². The quantitative estimate of drug-likeness (QED) is 0.695. The molecular formula is C18H37N3. The summed E-state index contributed by atoms with van der Waals surface area (Å²) in [6, 6.07) is 0.699. The summed E-state index contributed by atoms with van der Waals surface area (Å²) in [5.41, 5.74) is 0. The second kappa shape index (κ2) is 9.12. The SMILES string of the molecule is CC(C)CCNCC(C)N1CCC(CN2CCCC2)CC1. The van der Waals surface area contributed by atoms with E-state index >= 15 is 0 Å². The van der Waals surface area contributed by atoms with Crippen LogP contribution in [0.5, 0.6) is 0 Å². The molecule has 1 N–H and O–H groups in total. The van der Waals surface area contributed by atoms with E-state index in [1.165, 1.54) is 71.4 Å². The minimum absolute atomic E-state index is 0.699. The molecule has 0 aromatic carbocycles. The van der Waals surface area contributed by atoms with Crippen LogP contribution in [0, 0.1) is 11.8 Å². The van der Waals surface area contributed by atoms with E-state index in [0.29, 0.717) is 6.04 Å². The van der Waals surface area contributed by atoms with E-state index < -0.39 is 0 Å². The molecule has 2 aliphatic rings. The fourth-order valence-corrected chi connectivity index (χ4v) is 3.74. The highest BCUT2D eigenvalue weighted by atomic mass is 15.2. The van der Waals surface area contributed by atoms with Gasteiger partial charge in [0, 0.05) is 19.1 Å². The molecule has 0 bridgehead atoms. The average Bonchev–Trinajstić information content (AvgIpc) is 2.97.